The van der Waals surface area contributed by atoms with E-state index in [0.29, 0.717) is 0 Å². The molecular formula is C17H21N3O. The number of ether oxygens (including phenoxy) is 1. The predicted octanol–water partition coefficient (Wildman–Crippen LogP) is 2.15. The van der Waals surface area contributed by atoms with Crippen LogP contribution < -0.4 is 5.73 Å². The Morgan fingerprint density at radius 2 is 1.62 bits per heavy atom. The van der Waals surface area contributed by atoms with Crippen molar-refractivity contribution in [2.75, 3.05) is 26.3 Å². The second-order valence-corrected chi connectivity index (χ2v) is 5.31. The summed E-state index contributed by atoms with van der Waals surface area (Å²) < 4.78 is 5.48. The van der Waals surface area contributed by atoms with Crippen molar-refractivity contribution in [3.05, 3.63) is 66.0 Å². The fraction of sp³-hybridized carbons (Fsp3) is 0.353. The van der Waals surface area contributed by atoms with Gasteiger partial charge in [0.05, 0.1) is 19.3 Å². The van der Waals surface area contributed by atoms with Crippen LogP contribution in [0.25, 0.3) is 0 Å². The van der Waals surface area contributed by atoms with Crippen molar-refractivity contribution in [3.63, 3.8) is 0 Å². The molecule has 0 saturated carbocycles. The minimum atomic E-state index is -0.0632. The van der Waals surface area contributed by atoms with Crippen LogP contribution in [0.15, 0.2) is 54.9 Å². The Bertz CT molecular complexity index is 540. The van der Waals surface area contributed by atoms with Crippen LogP contribution in [0.5, 0.6) is 0 Å². The molecule has 1 aromatic carbocycles. The average Bonchev–Trinajstić information content (AvgIpc) is 2.58. The summed E-state index contributed by atoms with van der Waals surface area (Å²) in [6.07, 6.45) is 3.67. The van der Waals surface area contributed by atoms with Crippen LogP contribution in [0.3, 0.4) is 0 Å². The molecular weight excluding hydrogens is 262 g/mol. The van der Waals surface area contributed by atoms with Gasteiger partial charge in [-0.05, 0) is 23.3 Å². The van der Waals surface area contributed by atoms with E-state index in [0.717, 1.165) is 31.9 Å². The molecule has 110 valence electrons. The molecule has 0 amide bonds. The van der Waals surface area contributed by atoms with Crippen LogP contribution >= 0.6 is 0 Å². The van der Waals surface area contributed by atoms with Gasteiger partial charge < -0.3 is 10.5 Å². The van der Waals surface area contributed by atoms with E-state index >= 15 is 0 Å². The van der Waals surface area contributed by atoms with Crippen LogP contribution in [0, 0.1) is 0 Å². The monoisotopic (exact) mass is 283 g/mol. The predicted molar refractivity (Wildman–Crippen MR) is 82.7 cm³/mol. The van der Waals surface area contributed by atoms with Crippen LogP contribution in [0.2, 0.25) is 0 Å². The topological polar surface area (TPSA) is 51.4 Å². The van der Waals surface area contributed by atoms with E-state index in [1.54, 1.807) is 0 Å². The van der Waals surface area contributed by atoms with Gasteiger partial charge in [0.1, 0.15) is 0 Å². The SMILES string of the molecule is NC(c1ccccc1)C(c1ccncc1)N1CCOCC1. The average molecular weight is 283 g/mol. The van der Waals surface area contributed by atoms with Gasteiger partial charge >= 0.3 is 0 Å². The first-order valence-electron chi connectivity index (χ1n) is 7.38. The van der Waals surface area contributed by atoms with Crippen LogP contribution in [0.4, 0.5) is 0 Å². The zero-order valence-electron chi connectivity index (χ0n) is 12.1. The summed E-state index contributed by atoms with van der Waals surface area (Å²) >= 11 is 0. The Balaban J connectivity index is 1.92. The van der Waals surface area contributed by atoms with E-state index in [-0.39, 0.29) is 12.1 Å². The summed E-state index contributed by atoms with van der Waals surface area (Å²) in [7, 11) is 0. The molecule has 4 heteroatoms. The normalized spacial score (nSPS) is 19.1. The van der Waals surface area contributed by atoms with Crippen molar-refractivity contribution in [1.29, 1.82) is 0 Å². The Hall–Kier alpha value is -1.75. The number of nitrogens with zero attached hydrogens (tertiary/aromatic N) is 2. The second-order valence-electron chi connectivity index (χ2n) is 5.31. The van der Waals surface area contributed by atoms with Crippen molar-refractivity contribution < 1.29 is 4.74 Å². The Labute approximate surface area is 125 Å². The lowest BCUT2D eigenvalue weighted by Crippen LogP contribution is -2.43. The number of hydrogen-bond acceptors (Lipinski definition) is 4. The molecule has 0 aliphatic carbocycles. The molecule has 0 spiro atoms. The summed E-state index contributed by atoms with van der Waals surface area (Å²) in [5.74, 6) is 0. The molecule has 2 atom stereocenters. The van der Waals surface area contributed by atoms with E-state index in [4.69, 9.17) is 10.5 Å². The number of benzene rings is 1. The van der Waals surface area contributed by atoms with Crippen molar-refractivity contribution in [2.24, 2.45) is 5.73 Å². The quantitative estimate of drug-likeness (QED) is 0.934. The third kappa shape index (κ3) is 3.29. The molecule has 1 aliphatic rings. The molecule has 0 bridgehead atoms. The lowest BCUT2D eigenvalue weighted by molar-refractivity contribution is 0.0101. The number of pyridine rings is 1. The number of aromatic nitrogens is 1. The maximum Gasteiger partial charge on any atom is 0.0594 e. The molecule has 4 nitrogen and oxygen atoms in total. The fourth-order valence-electron chi connectivity index (χ4n) is 2.92. The fourth-order valence-corrected chi connectivity index (χ4v) is 2.92. The van der Waals surface area contributed by atoms with Crippen LogP contribution in [-0.4, -0.2) is 36.2 Å². The number of rotatable bonds is 4. The minimum absolute atomic E-state index is 0.0632. The number of hydrogen-bond donors (Lipinski definition) is 1. The molecule has 2 aromatic rings. The Morgan fingerprint density at radius 3 is 2.29 bits per heavy atom. The molecule has 1 aromatic heterocycles. The van der Waals surface area contributed by atoms with Gasteiger partial charge in [0, 0.05) is 31.5 Å². The van der Waals surface area contributed by atoms with Gasteiger partial charge in [0.25, 0.3) is 0 Å². The molecule has 1 fully saturated rings. The highest BCUT2D eigenvalue weighted by atomic mass is 16.5. The zero-order valence-corrected chi connectivity index (χ0v) is 12.1. The van der Waals surface area contributed by atoms with E-state index in [1.165, 1.54) is 5.56 Å². The van der Waals surface area contributed by atoms with Gasteiger partial charge in [-0.15, -0.1) is 0 Å². The highest BCUT2D eigenvalue weighted by Gasteiger charge is 2.28. The van der Waals surface area contributed by atoms with Crippen molar-refractivity contribution in [3.8, 4) is 0 Å². The van der Waals surface area contributed by atoms with Gasteiger partial charge in [-0.25, -0.2) is 0 Å². The first-order chi connectivity index (χ1) is 10.4. The summed E-state index contributed by atoms with van der Waals surface area (Å²) in [6, 6.07) is 14.5. The third-order valence-electron chi connectivity index (χ3n) is 4.01. The standard InChI is InChI=1S/C17H21N3O/c18-16(14-4-2-1-3-5-14)17(15-6-8-19-9-7-15)20-10-12-21-13-11-20/h1-9,16-17H,10-13,18H2. The van der Waals surface area contributed by atoms with E-state index < -0.39 is 0 Å². The zero-order chi connectivity index (χ0) is 14.5. The Morgan fingerprint density at radius 1 is 0.952 bits per heavy atom. The summed E-state index contributed by atoms with van der Waals surface area (Å²) in [5, 5.41) is 0. The summed E-state index contributed by atoms with van der Waals surface area (Å²) in [4.78, 5) is 6.53. The van der Waals surface area contributed by atoms with Gasteiger partial charge in [0.2, 0.25) is 0 Å². The highest BCUT2D eigenvalue weighted by molar-refractivity contribution is 5.26. The maximum atomic E-state index is 6.60. The van der Waals surface area contributed by atoms with Crippen molar-refractivity contribution in [2.45, 2.75) is 12.1 Å². The van der Waals surface area contributed by atoms with Crippen molar-refractivity contribution in [1.82, 2.24) is 9.88 Å². The smallest absolute Gasteiger partial charge is 0.0594 e. The highest BCUT2D eigenvalue weighted by Crippen LogP contribution is 2.32. The lowest BCUT2D eigenvalue weighted by atomic mass is 9.93. The van der Waals surface area contributed by atoms with Crippen LogP contribution in [0.1, 0.15) is 23.2 Å². The first-order valence-corrected chi connectivity index (χ1v) is 7.38. The summed E-state index contributed by atoms with van der Waals surface area (Å²) in [5.41, 5.74) is 8.97. The minimum Gasteiger partial charge on any atom is -0.379 e. The van der Waals surface area contributed by atoms with Gasteiger partial charge in [-0.1, -0.05) is 30.3 Å². The molecule has 3 rings (SSSR count). The second kappa shape index (κ2) is 6.80. The summed E-state index contributed by atoms with van der Waals surface area (Å²) in [6.45, 7) is 3.35. The van der Waals surface area contributed by atoms with Crippen LogP contribution in [-0.2, 0) is 4.74 Å². The molecule has 2 N–H and O–H groups in total. The lowest BCUT2D eigenvalue weighted by Gasteiger charge is -2.38. The molecule has 1 aliphatic heterocycles. The Kier molecular flexibility index (Phi) is 4.60. The van der Waals surface area contributed by atoms with Gasteiger partial charge in [-0.3, -0.25) is 9.88 Å². The number of morpholine rings is 1. The number of nitrogens with two attached hydrogens (primary N) is 1. The molecule has 21 heavy (non-hydrogen) atoms. The third-order valence-corrected chi connectivity index (χ3v) is 4.01. The van der Waals surface area contributed by atoms with Gasteiger partial charge in [-0.2, -0.15) is 0 Å². The molecule has 0 radical (unpaired) electrons. The van der Waals surface area contributed by atoms with Crippen molar-refractivity contribution >= 4 is 0 Å². The first kappa shape index (κ1) is 14.2. The van der Waals surface area contributed by atoms with E-state index in [9.17, 15) is 0 Å². The van der Waals surface area contributed by atoms with E-state index in [2.05, 4.69) is 34.1 Å². The molecule has 2 heterocycles. The maximum absolute atomic E-state index is 6.60. The van der Waals surface area contributed by atoms with E-state index in [1.807, 2.05) is 30.6 Å². The van der Waals surface area contributed by atoms with Gasteiger partial charge in [0.15, 0.2) is 0 Å². The molecule has 2 unspecified atom stereocenters. The largest absolute Gasteiger partial charge is 0.379 e. The molecule has 1 saturated heterocycles.